The average molecular weight is 572 g/mol. The van der Waals surface area contributed by atoms with Crippen molar-refractivity contribution in [2.75, 3.05) is 6.61 Å². The Balaban J connectivity index is 2.01. The third-order valence-electron chi connectivity index (χ3n) is 6.17. The Bertz CT molecular complexity index is 1220. The average Bonchev–Trinajstić information content (AvgIpc) is 2.87. The number of hydrogen-bond acceptors (Lipinski definition) is 10. The van der Waals surface area contributed by atoms with Gasteiger partial charge in [-0.05, 0) is 17.5 Å². The summed E-state index contributed by atoms with van der Waals surface area (Å²) in [4.78, 5) is 47.9. The zero-order valence-electron chi connectivity index (χ0n) is 23.6. The summed E-state index contributed by atoms with van der Waals surface area (Å²) in [5, 5.41) is -0.684. The van der Waals surface area contributed by atoms with E-state index in [1.165, 1.54) is 45.0 Å². The van der Waals surface area contributed by atoms with Gasteiger partial charge >= 0.3 is 31.9 Å². The van der Waals surface area contributed by atoms with Crippen LogP contribution in [0.15, 0.2) is 42.7 Å². The number of aryl methyl sites for hydroxylation is 1. The van der Waals surface area contributed by atoms with Gasteiger partial charge in [-0.3, -0.25) is 23.7 Å². The first-order valence-corrected chi connectivity index (χ1v) is 13.9. The molecule has 0 unspecified atom stereocenters. The van der Waals surface area contributed by atoms with Crippen molar-refractivity contribution in [3.63, 3.8) is 0 Å². The predicted octanol–water partition coefficient (Wildman–Crippen LogP) is 1.70. The van der Waals surface area contributed by atoms with Gasteiger partial charge in [0.1, 0.15) is 12.8 Å². The number of nitrogens with zero attached hydrogens (tertiary/aromatic N) is 1. The van der Waals surface area contributed by atoms with Crippen LogP contribution in [0, 0.1) is 0 Å². The Hall–Kier alpha value is -3.54. The minimum atomic E-state index is -1.21. The Morgan fingerprint density at radius 1 is 0.825 bits per heavy atom. The van der Waals surface area contributed by atoms with Gasteiger partial charge in [-0.1, -0.05) is 31.2 Å². The molecule has 10 nitrogen and oxygen atoms in total. The normalized spacial score (nSPS) is 22.1. The molecule has 0 aliphatic carbocycles. The van der Waals surface area contributed by atoms with Crippen molar-refractivity contribution in [3.05, 3.63) is 59.4 Å². The van der Waals surface area contributed by atoms with E-state index in [9.17, 15) is 19.2 Å². The van der Waals surface area contributed by atoms with Gasteiger partial charge in [0.2, 0.25) is 0 Å². The van der Waals surface area contributed by atoms with E-state index in [1.54, 1.807) is 6.20 Å². The van der Waals surface area contributed by atoms with Gasteiger partial charge in [0, 0.05) is 45.7 Å². The molecule has 2 aromatic rings. The molecule has 3 rings (SSSR count). The molecule has 1 aromatic carbocycles. The van der Waals surface area contributed by atoms with Gasteiger partial charge in [0.25, 0.3) is 0 Å². The van der Waals surface area contributed by atoms with E-state index in [4.69, 9.17) is 23.7 Å². The number of esters is 4. The van der Waals surface area contributed by atoms with Crippen molar-refractivity contribution in [2.45, 2.75) is 76.5 Å². The third-order valence-corrected chi connectivity index (χ3v) is 7.55. The third kappa shape index (κ3) is 8.74. The molecule has 0 N–H and O–H groups in total. The molecule has 1 aliphatic heterocycles. The first-order chi connectivity index (χ1) is 19.0. The Morgan fingerprint density at radius 3 is 1.98 bits per heavy atom. The molecule has 1 saturated heterocycles. The zero-order valence-corrected chi connectivity index (χ0v) is 24.4. The Kier molecular flexibility index (Phi) is 11.0. The van der Waals surface area contributed by atoms with Crippen LogP contribution in [0.2, 0.25) is 0 Å². The topological polar surface area (TPSA) is 118 Å². The molecule has 0 radical (unpaired) electrons. The highest BCUT2D eigenvalue weighted by molar-refractivity contribution is 8.00. The number of rotatable bonds is 10. The van der Waals surface area contributed by atoms with Crippen molar-refractivity contribution in [3.8, 4) is 5.75 Å². The molecule has 0 amide bonds. The lowest BCUT2D eigenvalue weighted by Gasteiger charge is -2.43. The second-order valence-corrected chi connectivity index (χ2v) is 10.9. The minimum absolute atomic E-state index is 0.151. The quantitative estimate of drug-likeness (QED) is 0.237. The monoisotopic (exact) mass is 572 g/mol. The van der Waals surface area contributed by atoms with Crippen LogP contribution in [0.1, 0.15) is 51.3 Å². The highest BCUT2D eigenvalue weighted by atomic mass is 32.2. The van der Waals surface area contributed by atoms with Crippen molar-refractivity contribution >= 4 is 43.6 Å². The second kappa shape index (κ2) is 14.2. The minimum Gasteiger partial charge on any atom is -0.469 e. The number of benzene rings is 1. The highest BCUT2D eigenvalue weighted by Crippen LogP contribution is 2.40. The number of hydrogen-bond donors (Lipinski definition) is 0. The molecule has 1 aromatic heterocycles. The molecule has 1 fully saturated rings. The van der Waals surface area contributed by atoms with Gasteiger partial charge < -0.3 is 23.7 Å². The summed E-state index contributed by atoms with van der Waals surface area (Å²) >= 11 is 1.17. The van der Waals surface area contributed by atoms with Crippen LogP contribution in [0.4, 0.5) is 0 Å². The van der Waals surface area contributed by atoms with Crippen LogP contribution in [0.3, 0.4) is 0 Å². The van der Waals surface area contributed by atoms with Crippen LogP contribution < -0.4 is 9.21 Å². The predicted molar refractivity (Wildman–Crippen MR) is 148 cm³/mol. The van der Waals surface area contributed by atoms with E-state index >= 15 is 0 Å². The van der Waals surface area contributed by atoms with E-state index in [2.05, 4.69) is 31.2 Å². The van der Waals surface area contributed by atoms with E-state index < -0.39 is 52.9 Å². The summed E-state index contributed by atoms with van der Waals surface area (Å²) in [5.74, 6) is -1.94. The number of thioether (sulfide) groups is 1. The van der Waals surface area contributed by atoms with Crippen molar-refractivity contribution < 1.29 is 47.3 Å². The largest absolute Gasteiger partial charge is 0.469 e. The van der Waals surface area contributed by atoms with Crippen molar-refractivity contribution in [1.29, 1.82) is 0 Å². The summed E-state index contributed by atoms with van der Waals surface area (Å²) < 4.78 is 30.3. The molecule has 40 heavy (non-hydrogen) atoms. The summed E-state index contributed by atoms with van der Waals surface area (Å²) in [7, 11) is 1.85. The SMILES string of the molecule is B[n+]1ccc(Cc2ccc(CC)cc2)c(O[C@H]2S[C@@H](COC(C)=O)[C@@H](OC(C)=O)[C@H](OC(C)=O)[C@H]2OC(C)=O)c1. The van der Waals surface area contributed by atoms with Crippen molar-refractivity contribution in [1.82, 2.24) is 0 Å². The molecule has 0 spiro atoms. The fourth-order valence-corrected chi connectivity index (χ4v) is 5.76. The second-order valence-electron chi connectivity index (χ2n) is 9.53. The van der Waals surface area contributed by atoms with Gasteiger partial charge in [-0.2, -0.15) is 0 Å². The fraction of sp³-hybridized carbons (Fsp3) is 0.464. The van der Waals surface area contributed by atoms with Gasteiger partial charge in [0.15, 0.2) is 35.7 Å². The fourth-order valence-electron chi connectivity index (χ4n) is 4.37. The van der Waals surface area contributed by atoms with Crippen molar-refractivity contribution in [2.24, 2.45) is 0 Å². The van der Waals surface area contributed by atoms with Crippen LogP contribution in [0.25, 0.3) is 0 Å². The Labute approximate surface area is 239 Å². The number of carbonyl (C=O) groups excluding carboxylic acids is 4. The van der Waals surface area contributed by atoms with E-state index in [1.807, 2.05) is 24.7 Å². The number of carbonyl (C=O) groups is 4. The molecule has 5 atom stereocenters. The number of ether oxygens (including phenoxy) is 5. The first kappa shape index (κ1) is 31.0. The smallest absolute Gasteiger partial charge is 0.455 e. The molecule has 0 bridgehead atoms. The summed E-state index contributed by atoms with van der Waals surface area (Å²) in [5.41, 5.74) is 2.31. The molecule has 12 heteroatoms. The van der Waals surface area contributed by atoms with Crippen LogP contribution in [0.5, 0.6) is 5.75 Å². The maximum atomic E-state index is 12.2. The number of aromatic nitrogens is 1. The van der Waals surface area contributed by atoms with Crippen LogP contribution >= 0.6 is 11.8 Å². The number of pyridine rings is 1. The lowest BCUT2D eigenvalue weighted by Crippen LogP contribution is -2.59. The zero-order chi connectivity index (χ0) is 29.4. The summed E-state index contributed by atoms with van der Waals surface area (Å²) in [6.07, 6.45) is 1.82. The van der Waals surface area contributed by atoms with E-state index in [-0.39, 0.29) is 6.61 Å². The maximum Gasteiger partial charge on any atom is 0.455 e. The standard InChI is InChI=1S/C28H35BNO9S/c1-6-20-7-9-21(10-8-20)13-22-11-12-30(29)14-23(22)39-28-27(38-19(5)34)26(37-18(4)33)25(36-17(3)32)24(40-28)15-35-16(2)31/h7-12,14,24-28H,6,13,15,29H2,1-5H3/q+1/t24-,25+,26-,27+,28-/m0/s1. The summed E-state index contributed by atoms with van der Waals surface area (Å²) in [6, 6.07) is 10.3. The molecule has 2 heterocycles. The molecular formula is C28H35BNO9S+. The molecule has 214 valence electrons. The maximum absolute atomic E-state index is 12.2. The van der Waals surface area contributed by atoms with Gasteiger partial charge in [-0.15, -0.1) is 11.8 Å². The van der Waals surface area contributed by atoms with E-state index in [0.29, 0.717) is 12.2 Å². The Morgan fingerprint density at radius 2 is 1.40 bits per heavy atom. The molecule has 1 aliphatic rings. The molecule has 0 saturated carbocycles. The van der Waals surface area contributed by atoms with Gasteiger partial charge in [0.05, 0.1) is 5.25 Å². The lowest BCUT2D eigenvalue weighted by molar-refractivity contribution is -0.522. The summed E-state index contributed by atoms with van der Waals surface area (Å²) in [6.45, 7) is 6.85. The highest BCUT2D eigenvalue weighted by Gasteiger charge is 2.53. The molecular weight excluding hydrogens is 537 g/mol. The van der Waals surface area contributed by atoms with E-state index in [0.717, 1.165) is 17.5 Å². The van der Waals surface area contributed by atoms with Crippen LogP contribution in [-0.4, -0.2) is 67.5 Å². The lowest BCUT2D eigenvalue weighted by atomic mass is 10.0. The van der Waals surface area contributed by atoms with Gasteiger partial charge in [-0.25, -0.2) is 0 Å². The van der Waals surface area contributed by atoms with Crippen LogP contribution in [-0.2, 0) is 51.0 Å². The first-order valence-electron chi connectivity index (χ1n) is 13.0.